The van der Waals surface area contributed by atoms with E-state index in [0.717, 1.165) is 17.8 Å². The molecule has 0 N–H and O–H groups in total. The molecule has 2 saturated carbocycles. The topological polar surface area (TPSA) is 0 Å². The molecule has 0 spiro atoms. The number of fused-ring (bicyclic) bond motifs is 1. The van der Waals surface area contributed by atoms with E-state index in [1.807, 2.05) is 0 Å². The van der Waals surface area contributed by atoms with Gasteiger partial charge in [-0.05, 0) is 42.4 Å². The van der Waals surface area contributed by atoms with Crippen LogP contribution in [-0.4, -0.2) is 0 Å². The summed E-state index contributed by atoms with van der Waals surface area (Å²) >= 11 is 0. The molecule has 2 fully saturated rings. The fourth-order valence-corrected chi connectivity index (χ4v) is 3.87. The van der Waals surface area contributed by atoms with Gasteiger partial charge in [0.25, 0.3) is 0 Å². The Balaban J connectivity index is 2.17. The van der Waals surface area contributed by atoms with Gasteiger partial charge in [-0.1, -0.05) is 40.0 Å². The fourth-order valence-electron chi connectivity index (χ4n) is 3.87. The van der Waals surface area contributed by atoms with Crippen molar-refractivity contribution in [3.8, 4) is 0 Å². The molecule has 0 bridgehead atoms. The van der Waals surface area contributed by atoms with Gasteiger partial charge < -0.3 is 0 Å². The predicted octanol–water partition coefficient (Wildman–Crippen LogP) is 4.25. The van der Waals surface area contributed by atoms with E-state index in [0.29, 0.717) is 5.41 Å². The van der Waals surface area contributed by atoms with Gasteiger partial charge in [0.1, 0.15) is 0 Å². The van der Waals surface area contributed by atoms with Gasteiger partial charge in [-0.15, -0.1) is 0 Å². The second-order valence-electron chi connectivity index (χ2n) is 5.79. The first kappa shape index (κ1) is 9.55. The molecule has 2 aliphatic rings. The highest BCUT2D eigenvalue weighted by Gasteiger charge is 2.45. The van der Waals surface area contributed by atoms with Crippen LogP contribution in [0.2, 0.25) is 0 Å². The summed E-state index contributed by atoms with van der Waals surface area (Å²) in [6.07, 6.45) is 9.02. The van der Waals surface area contributed by atoms with E-state index >= 15 is 0 Å². The molecule has 0 amide bonds. The summed E-state index contributed by atoms with van der Waals surface area (Å²) in [7, 11) is 0. The molecule has 0 aromatic carbocycles. The predicted molar refractivity (Wildman–Crippen MR) is 57.6 cm³/mol. The van der Waals surface area contributed by atoms with Crippen LogP contribution in [0.1, 0.15) is 59.3 Å². The van der Waals surface area contributed by atoms with Crippen molar-refractivity contribution < 1.29 is 0 Å². The summed E-state index contributed by atoms with van der Waals surface area (Å²) in [5, 5.41) is 0. The van der Waals surface area contributed by atoms with Crippen molar-refractivity contribution in [3.63, 3.8) is 0 Å². The Hall–Kier alpha value is 0. The molecule has 0 aliphatic heterocycles. The van der Waals surface area contributed by atoms with Crippen LogP contribution >= 0.6 is 0 Å². The van der Waals surface area contributed by atoms with E-state index in [2.05, 4.69) is 20.8 Å². The Morgan fingerprint density at radius 1 is 1.00 bits per heavy atom. The molecule has 0 saturated heterocycles. The molecule has 0 aromatic rings. The molecular formula is C13H24. The smallest absolute Gasteiger partial charge is 0.0269 e. The third-order valence-corrected chi connectivity index (χ3v) is 5.31. The van der Waals surface area contributed by atoms with Gasteiger partial charge in [0.05, 0.1) is 0 Å². The summed E-state index contributed by atoms with van der Waals surface area (Å²) in [4.78, 5) is 0. The fraction of sp³-hybridized carbons (Fsp3) is 1.00. The van der Waals surface area contributed by atoms with E-state index in [9.17, 15) is 0 Å². The van der Waals surface area contributed by atoms with Gasteiger partial charge in [0, 0.05) is 0 Å². The van der Waals surface area contributed by atoms with Gasteiger partial charge in [0.15, 0.2) is 0 Å². The third-order valence-electron chi connectivity index (χ3n) is 5.31. The molecule has 13 heavy (non-hydrogen) atoms. The SMILES string of the molecule is CC1CCC2CCCCC2(C)C1C. The summed E-state index contributed by atoms with van der Waals surface area (Å²) in [6.45, 7) is 7.53. The summed E-state index contributed by atoms with van der Waals surface area (Å²) in [5.74, 6) is 3.00. The molecule has 0 nitrogen and oxygen atoms in total. The average molecular weight is 180 g/mol. The number of rotatable bonds is 0. The van der Waals surface area contributed by atoms with Crippen LogP contribution in [0.25, 0.3) is 0 Å². The zero-order valence-electron chi connectivity index (χ0n) is 9.47. The van der Waals surface area contributed by atoms with Gasteiger partial charge in [-0.2, -0.15) is 0 Å². The van der Waals surface area contributed by atoms with Crippen molar-refractivity contribution in [3.05, 3.63) is 0 Å². The van der Waals surface area contributed by atoms with Crippen LogP contribution in [0.3, 0.4) is 0 Å². The van der Waals surface area contributed by atoms with Crippen molar-refractivity contribution in [2.45, 2.75) is 59.3 Å². The first-order chi connectivity index (χ1) is 6.14. The lowest BCUT2D eigenvalue weighted by molar-refractivity contribution is -0.0199. The molecule has 0 radical (unpaired) electrons. The van der Waals surface area contributed by atoms with Crippen molar-refractivity contribution in [2.24, 2.45) is 23.2 Å². The molecule has 0 aromatic heterocycles. The van der Waals surface area contributed by atoms with E-state index in [1.54, 1.807) is 0 Å². The first-order valence-electron chi connectivity index (χ1n) is 6.14. The van der Waals surface area contributed by atoms with Crippen LogP contribution in [0.15, 0.2) is 0 Å². The molecule has 0 heterocycles. The zero-order chi connectivity index (χ0) is 9.47. The summed E-state index contributed by atoms with van der Waals surface area (Å²) in [6, 6.07) is 0. The molecule has 76 valence electrons. The Bertz CT molecular complexity index is 180. The van der Waals surface area contributed by atoms with Crippen LogP contribution in [-0.2, 0) is 0 Å². The molecule has 0 heteroatoms. The highest BCUT2D eigenvalue weighted by Crippen LogP contribution is 2.54. The lowest BCUT2D eigenvalue weighted by atomic mass is 9.53. The van der Waals surface area contributed by atoms with Gasteiger partial charge in [0.2, 0.25) is 0 Å². The van der Waals surface area contributed by atoms with E-state index in [4.69, 9.17) is 0 Å². The zero-order valence-corrected chi connectivity index (χ0v) is 9.47. The maximum Gasteiger partial charge on any atom is -0.0269 e. The lowest BCUT2D eigenvalue weighted by Crippen LogP contribution is -2.43. The van der Waals surface area contributed by atoms with E-state index in [-0.39, 0.29) is 0 Å². The largest absolute Gasteiger partial charge is 0.0622 e. The average Bonchev–Trinajstić information content (AvgIpc) is 2.13. The molecular weight excluding hydrogens is 156 g/mol. The van der Waals surface area contributed by atoms with Gasteiger partial charge in [-0.3, -0.25) is 0 Å². The summed E-state index contributed by atoms with van der Waals surface area (Å²) < 4.78 is 0. The van der Waals surface area contributed by atoms with Crippen LogP contribution < -0.4 is 0 Å². The highest BCUT2D eigenvalue weighted by molar-refractivity contribution is 4.95. The Morgan fingerprint density at radius 2 is 1.77 bits per heavy atom. The van der Waals surface area contributed by atoms with Crippen LogP contribution in [0, 0.1) is 23.2 Å². The van der Waals surface area contributed by atoms with Crippen molar-refractivity contribution in [1.82, 2.24) is 0 Å². The van der Waals surface area contributed by atoms with E-state index < -0.39 is 0 Å². The second-order valence-corrected chi connectivity index (χ2v) is 5.79. The van der Waals surface area contributed by atoms with Crippen LogP contribution in [0.5, 0.6) is 0 Å². The van der Waals surface area contributed by atoms with Crippen molar-refractivity contribution >= 4 is 0 Å². The third kappa shape index (κ3) is 1.43. The van der Waals surface area contributed by atoms with Gasteiger partial charge in [-0.25, -0.2) is 0 Å². The Labute approximate surface area is 83.1 Å². The number of hydrogen-bond acceptors (Lipinski definition) is 0. The van der Waals surface area contributed by atoms with Crippen LogP contribution in [0.4, 0.5) is 0 Å². The van der Waals surface area contributed by atoms with Gasteiger partial charge >= 0.3 is 0 Å². The first-order valence-corrected chi connectivity index (χ1v) is 6.14. The quantitative estimate of drug-likeness (QED) is 0.523. The van der Waals surface area contributed by atoms with Crippen molar-refractivity contribution in [2.75, 3.05) is 0 Å². The van der Waals surface area contributed by atoms with Crippen molar-refractivity contribution in [1.29, 1.82) is 0 Å². The Kier molecular flexibility index (Phi) is 2.42. The summed E-state index contributed by atoms with van der Waals surface area (Å²) in [5.41, 5.74) is 0.704. The molecule has 2 rings (SSSR count). The second kappa shape index (κ2) is 3.29. The number of hydrogen-bond donors (Lipinski definition) is 0. The maximum absolute atomic E-state index is 2.57. The minimum atomic E-state index is 0.704. The standard InChI is InChI=1S/C13H24/c1-10-7-8-12-6-4-5-9-13(12,3)11(10)2/h10-12H,4-9H2,1-3H3. The monoisotopic (exact) mass is 180 g/mol. The minimum absolute atomic E-state index is 0.704. The maximum atomic E-state index is 2.57. The normalized spacial score (nSPS) is 51.5. The molecule has 2 aliphatic carbocycles. The van der Waals surface area contributed by atoms with E-state index in [1.165, 1.54) is 38.5 Å². The molecule has 4 atom stereocenters. The highest BCUT2D eigenvalue weighted by atomic mass is 14.5. The molecule has 4 unspecified atom stereocenters. The Morgan fingerprint density at radius 3 is 2.54 bits per heavy atom. The lowest BCUT2D eigenvalue weighted by Gasteiger charge is -2.52. The minimum Gasteiger partial charge on any atom is -0.0622 e.